The highest BCUT2D eigenvalue weighted by Crippen LogP contribution is 2.15. The summed E-state index contributed by atoms with van der Waals surface area (Å²) < 4.78 is 1.64. The Morgan fingerprint density at radius 1 is 1.77 bits per heavy atom. The molecule has 0 saturated carbocycles. The molecule has 0 bridgehead atoms. The molecule has 5 nitrogen and oxygen atoms in total. The molecule has 1 aromatic heterocycles. The van der Waals surface area contributed by atoms with Gasteiger partial charge >= 0.3 is 0 Å². The molecule has 0 aliphatic rings. The van der Waals surface area contributed by atoms with Gasteiger partial charge in [-0.1, -0.05) is 6.92 Å². The number of nitrogens with two attached hydrogens (primary N) is 1. The van der Waals surface area contributed by atoms with E-state index in [4.69, 9.17) is 10.8 Å². The zero-order valence-electron chi connectivity index (χ0n) is 7.99. The minimum absolute atomic E-state index is 0.0252. The molecule has 0 aromatic carbocycles. The standard InChI is InChI=1S/C8H16N4O/c1-3-6(5-13)10-8-7(9)4-12(2)11-8/h4,6,13H,3,5,9H2,1-2H3,(H,10,11). The molecule has 1 aromatic rings. The Balaban J connectivity index is 2.67. The molecular weight excluding hydrogens is 168 g/mol. The van der Waals surface area contributed by atoms with Gasteiger partial charge in [0.25, 0.3) is 0 Å². The Morgan fingerprint density at radius 3 is 2.85 bits per heavy atom. The number of rotatable bonds is 4. The number of anilines is 2. The summed E-state index contributed by atoms with van der Waals surface area (Å²) in [5, 5.41) is 16.1. The Hall–Kier alpha value is -1.23. The number of nitrogen functional groups attached to an aromatic ring is 1. The third-order valence-electron chi connectivity index (χ3n) is 1.91. The lowest BCUT2D eigenvalue weighted by Gasteiger charge is -2.13. The van der Waals surface area contributed by atoms with Gasteiger partial charge in [0, 0.05) is 13.2 Å². The number of nitrogens with one attached hydrogen (secondary N) is 1. The van der Waals surface area contributed by atoms with Gasteiger partial charge in [-0.3, -0.25) is 4.68 Å². The molecule has 1 atom stereocenters. The van der Waals surface area contributed by atoms with Gasteiger partial charge in [0.05, 0.1) is 18.3 Å². The molecule has 0 spiro atoms. The molecule has 1 unspecified atom stereocenters. The van der Waals surface area contributed by atoms with Gasteiger partial charge < -0.3 is 16.2 Å². The van der Waals surface area contributed by atoms with Crippen LogP contribution in [0.3, 0.4) is 0 Å². The fourth-order valence-electron chi connectivity index (χ4n) is 1.09. The van der Waals surface area contributed by atoms with Crippen molar-refractivity contribution >= 4 is 11.5 Å². The number of hydrogen-bond donors (Lipinski definition) is 3. The fraction of sp³-hybridized carbons (Fsp3) is 0.625. The third-order valence-corrected chi connectivity index (χ3v) is 1.91. The normalized spacial score (nSPS) is 12.8. The first-order valence-corrected chi connectivity index (χ1v) is 4.33. The Morgan fingerprint density at radius 2 is 2.46 bits per heavy atom. The largest absolute Gasteiger partial charge is 0.394 e. The summed E-state index contributed by atoms with van der Waals surface area (Å²) in [6, 6.07) is 0.0252. The zero-order chi connectivity index (χ0) is 9.84. The van der Waals surface area contributed by atoms with E-state index >= 15 is 0 Å². The summed E-state index contributed by atoms with van der Waals surface area (Å²) in [5.74, 6) is 0.642. The van der Waals surface area contributed by atoms with Gasteiger partial charge in [-0.25, -0.2) is 0 Å². The van der Waals surface area contributed by atoms with Gasteiger partial charge in [-0.15, -0.1) is 0 Å². The molecule has 0 aliphatic carbocycles. The van der Waals surface area contributed by atoms with Crippen molar-refractivity contribution < 1.29 is 5.11 Å². The van der Waals surface area contributed by atoms with Crippen LogP contribution in [-0.4, -0.2) is 27.5 Å². The first-order chi connectivity index (χ1) is 6.17. The van der Waals surface area contributed by atoms with Crippen molar-refractivity contribution in [1.29, 1.82) is 0 Å². The zero-order valence-corrected chi connectivity index (χ0v) is 7.99. The number of aryl methyl sites for hydroxylation is 1. The van der Waals surface area contributed by atoms with Crippen molar-refractivity contribution in [2.45, 2.75) is 19.4 Å². The average Bonchev–Trinajstić information content (AvgIpc) is 2.41. The second kappa shape index (κ2) is 4.13. The van der Waals surface area contributed by atoms with Crippen LogP contribution >= 0.6 is 0 Å². The van der Waals surface area contributed by atoms with Crippen LogP contribution < -0.4 is 11.1 Å². The molecule has 0 aliphatic heterocycles. The van der Waals surface area contributed by atoms with Crippen LogP contribution in [0.15, 0.2) is 6.20 Å². The van der Waals surface area contributed by atoms with Crippen molar-refractivity contribution in [3.63, 3.8) is 0 Å². The Labute approximate surface area is 77.5 Å². The molecule has 1 heterocycles. The van der Waals surface area contributed by atoms with Crippen LogP contribution in [0, 0.1) is 0 Å². The maximum Gasteiger partial charge on any atom is 0.171 e. The van der Waals surface area contributed by atoms with Crippen LogP contribution in [0.2, 0.25) is 0 Å². The Bertz CT molecular complexity index is 267. The predicted octanol–water partition coefficient (Wildman–Crippen LogP) is 0.185. The number of aromatic nitrogens is 2. The van der Waals surface area contributed by atoms with E-state index < -0.39 is 0 Å². The predicted molar refractivity (Wildman–Crippen MR) is 52.4 cm³/mol. The van der Waals surface area contributed by atoms with Crippen LogP contribution in [0.4, 0.5) is 11.5 Å². The summed E-state index contributed by atoms with van der Waals surface area (Å²) in [6.45, 7) is 2.08. The maximum absolute atomic E-state index is 8.95. The molecule has 4 N–H and O–H groups in total. The molecule has 0 saturated heterocycles. The van der Waals surface area contributed by atoms with Crippen LogP contribution in [0.5, 0.6) is 0 Å². The lowest BCUT2D eigenvalue weighted by atomic mass is 10.2. The molecular formula is C8H16N4O. The van der Waals surface area contributed by atoms with Crippen LogP contribution in [-0.2, 0) is 7.05 Å². The van der Waals surface area contributed by atoms with E-state index in [2.05, 4.69) is 10.4 Å². The summed E-state index contributed by atoms with van der Waals surface area (Å²) in [6.07, 6.45) is 2.57. The van der Waals surface area contributed by atoms with Gasteiger partial charge in [-0.05, 0) is 6.42 Å². The highest BCUT2D eigenvalue weighted by Gasteiger charge is 2.08. The summed E-state index contributed by atoms with van der Waals surface area (Å²) >= 11 is 0. The highest BCUT2D eigenvalue weighted by molar-refractivity contribution is 5.60. The first kappa shape index (κ1) is 9.85. The lowest BCUT2D eigenvalue weighted by Crippen LogP contribution is -2.23. The second-order valence-corrected chi connectivity index (χ2v) is 3.04. The summed E-state index contributed by atoms with van der Waals surface area (Å²) in [7, 11) is 1.81. The molecule has 0 amide bonds. The van der Waals surface area contributed by atoms with E-state index in [0.29, 0.717) is 11.5 Å². The number of nitrogens with zero attached hydrogens (tertiary/aromatic N) is 2. The fourth-order valence-corrected chi connectivity index (χ4v) is 1.09. The minimum Gasteiger partial charge on any atom is -0.394 e. The molecule has 1 rings (SSSR count). The van der Waals surface area contributed by atoms with Gasteiger partial charge in [-0.2, -0.15) is 5.10 Å². The van der Waals surface area contributed by atoms with E-state index in [-0.39, 0.29) is 12.6 Å². The Kier molecular flexibility index (Phi) is 3.13. The molecule has 0 radical (unpaired) electrons. The molecule has 13 heavy (non-hydrogen) atoms. The maximum atomic E-state index is 8.95. The number of hydrogen-bond acceptors (Lipinski definition) is 4. The number of aliphatic hydroxyl groups is 1. The SMILES string of the molecule is CCC(CO)Nc1nn(C)cc1N. The van der Waals surface area contributed by atoms with E-state index in [1.165, 1.54) is 0 Å². The average molecular weight is 184 g/mol. The van der Waals surface area contributed by atoms with E-state index in [0.717, 1.165) is 6.42 Å². The lowest BCUT2D eigenvalue weighted by molar-refractivity contribution is 0.271. The summed E-state index contributed by atoms with van der Waals surface area (Å²) in [4.78, 5) is 0. The highest BCUT2D eigenvalue weighted by atomic mass is 16.3. The smallest absolute Gasteiger partial charge is 0.171 e. The van der Waals surface area contributed by atoms with Crippen molar-refractivity contribution in [3.05, 3.63) is 6.20 Å². The molecule has 5 heteroatoms. The van der Waals surface area contributed by atoms with Gasteiger partial charge in [0.15, 0.2) is 5.82 Å². The van der Waals surface area contributed by atoms with Gasteiger partial charge in [0.1, 0.15) is 0 Å². The van der Waals surface area contributed by atoms with Crippen molar-refractivity contribution in [1.82, 2.24) is 9.78 Å². The van der Waals surface area contributed by atoms with Crippen LogP contribution in [0.1, 0.15) is 13.3 Å². The van der Waals surface area contributed by atoms with Crippen molar-refractivity contribution in [3.8, 4) is 0 Å². The van der Waals surface area contributed by atoms with Crippen molar-refractivity contribution in [2.24, 2.45) is 7.05 Å². The van der Waals surface area contributed by atoms with Gasteiger partial charge in [0.2, 0.25) is 0 Å². The molecule has 0 fully saturated rings. The summed E-state index contributed by atoms with van der Waals surface area (Å²) in [5.41, 5.74) is 6.28. The van der Waals surface area contributed by atoms with Crippen molar-refractivity contribution in [2.75, 3.05) is 17.7 Å². The first-order valence-electron chi connectivity index (χ1n) is 4.33. The van der Waals surface area contributed by atoms with E-state index in [1.807, 2.05) is 6.92 Å². The van der Waals surface area contributed by atoms with E-state index in [9.17, 15) is 0 Å². The number of aliphatic hydroxyl groups excluding tert-OH is 1. The monoisotopic (exact) mass is 184 g/mol. The topological polar surface area (TPSA) is 76.1 Å². The molecule has 74 valence electrons. The van der Waals surface area contributed by atoms with E-state index in [1.54, 1.807) is 17.9 Å². The third kappa shape index (κ3) is 2.35. The quantitative estimate of drug-likeness (QED) is 0.624. The second-order valence-electron chi connectivity index (χ2n) is 3.04. The van der Waals surface area contributed by atoms with Crippen LogP contribution in [0.25, 0.3) is 0 Å². The minimum atomic E-state index is 0.0252.